The molecule has 3 aromatic rings. The van der Waals surface area contributed by atoms with Crippen LogP contribution in [0.15, 0.2) is 29.1 Å². The number of H-pyrrole nitrogens is 1. The Balaban J connectivity index is 1.84. The fraction of sp³-hybridized carbons (Fsp3) is 0.312. The minimum absolute atomic E-state index is 0.00257. The van der Waals surface area contributed by atoms with Crippen LogP contribution in [0.5, 0.6) is 0 Å². The molecule has 1 saturated heterocycles. The van der Waals surface area contributed by atoms with Crippen molar-refractivity contribution >= 4 is 22.6 Å². The third kappa shape index (κ3) is 2.22. The fourth-order valence-electron chi connectivity index (χ4n) is 3.38. The molecule has 0 spiro atoms. The highest BCUT2D eigenvalue weighted by atomic mass is 19.1. The highest BCUT2D eigenvalue weighted by Gasteiger charge is 2.26. The standard InChI is InChI=1S/C16H15FN4O3/c17-11-3-1-2-10-14(11)19-21-12(8-13(22)18-15(10)21)9-4-6-20(7-5-9)16(23)24/h1-3,8-9H,4-7H2,(H,18,22)(H,23,24). The van der Waals surface area contributed by atoms with Crippen LogP contribution in [0.3, 0.4) is 0 Å². The van der Waals surface area contributed by atoms with Crippen molar-refractivity contribution in [1.82, 2.24) is 19.5 Å². The van der Waals surface area contributed by atoms with Crippen LogP contribution < -0.4 is 5.56 Å². The van der Waals surface area contributed by atoms with E-state index in [4.69, 9.17) is 5.11 Å². The molecule has 2 N–H and O–H groups in total. The highest BCUT2D eigenvalue weighted by molar-refractivity contribution is 5.92. The molecule has 0 atom stereocenters. The Morgan fingerprint density at radius 1 is 1.33 bits per heavy atom. The van der Waals surface area contributed by atoms with Crippen molar-refractivity contribution in [1.29, 1.82) is 0 Å². The summed E-state index contributed by atoms with van der Waals surface area (Å²) in [7, 11) is 0. The molecule has 24 heavy (non-hydrogen) atoms. The van der Waals surface area contributed by atoms with Crippen LogP contribution in [0.2, 0.25) is 0 Å². The van der Waals surface area contributed by atoms with E-state index in [0.29, 0.717) is 42.7 Å². The molecule has 2 aromatic heterocycles. The Hall–Kier alpha value is -2.90. The number of nitrogens with zero attached hydrogens (tertiary/aromatic N) is 3. The van der Waals surface area contributed by atoms with Gasteiger partial charge in [-0.25, -0.2) is 13.7 Å². The Morgan fingerprint density at radius 3 is 2.79 bits per heavy atom. The predicted octanol–water partition coefficient (Wildman–Crippen LogP) is 2.17. The van der Waals surface area contributed by atoms with Crippen LogP contribution in [-0.2, 0) is 0 Å². The summed E-state index contributed by atoms with van der Waals surface area (Å²) in [6.07, 6.45) is 0.268. The first kappa shape index (κ1) is 14.7. The van der Waals surface area contributed by atoms with Crippen molar-refractivity contribution in [3.8, 4) is 0 Å². The lowest BCUT2D eigenvalue weighted by atomic mass is 9.93. The highest BCUT2D eigenvalue weighted by Crippen LogP contribution is 2.29. The average molecular weight is 330 g/mol. The zero-order valence-corrected chi connectivity index (χ0v) is 12.7. The van der Waals surface area contributed by atoms with E-state index in [1.165, 1.54) is 17.0 Å². The first-order valence-electron chi connectivity index (χ1n) is 7.72. The molecule has 1 aromatic carbocycles. The van der Waals surface area contributed by atoms with Crippen LogP contribution >= 0.6 is 0 Å². The van der Waals surface area contributed by atoms with Crippen LogP contribution in [0.1, 0.15) is 24.5 Å². The summed E-state index contributed by atoms with van der Waals surface area (Å²) in [4.78, 5) is 27.2. The van der Waals surface area contributed by atoms with E-state index in [-0.39, 0.29) is 17.0 Å². The van der Waals surface area contributed by atoms with E-state index in [2.05, 4.69) is 10.1 Å². The number of halogens is 1. The molecular formula is C16H15FN4O3. The van der Waals surface area contributed by atoms with Crippen molar-refractivity contribution in [3.05, 3.63) is 46.1 Å². The van der Waals surface area contributed by atoms with Crippen LogP contribution in [0, 0.1) is 5.82 Å². The summed E-state index contributed by atoms with van der Waals surface area (Å²) in [6, 6.07) is 6.10. The summed E-state index contributed by atoms with van der Waals surface area (Å²) in [5, 5.41) is 13.9. The molecular weight excluding hydrogens is 315 g/mol. The van der Waals surface area contributed by atoms with Crippen molar-refractivity contribution < 1.29 is 14.3 Å². The summed E-state index contributed by atoms with van der Waals surface area (Å²) in [6.45, 7) is 0.812. The second kappa shape index (κ2) is 5.33. The van der Waals surface area contributed by atoms with Gasteiger partial charge in [0.05, 0.1) is 5.69 Å². The predicted molar refractivity (Wildman–Crippen MR) is 84.8 cm³/mol. The zero-order valence-electron chi connectivity index (χ0n) is 12.7. The van der Waals surface area contributed by atoms with Crippen molar-refractivity contribution in [2.24, 2.45) is 0 Å². The lowest BCUT2D eigenvalue weighted by molar-refractivity contribution is 0.131. The summed E-state index contributed by atoms with van der Waals surface area (Å²) in [5.41, 5.74) is 1.09. The third-order valence-corrected chi connectivity index (χ3v) is 4.60. The van der Waals surface area contributed by atoms with Gasteiger partial charge in [0.25, 0.3) is 5.56 Å². The maximum atomic E-state index is 14.0. The maximum absolute atomic E-state index is 14.0. The fourth-order valence-corrected chi connectivity index (χ4v) is 3.38. The average Bonchev–Trinajstić information content (AvgIpc) is 2.94. The van der Waals surface area contributed by atoms with Crippen LogP contribution in [0.4, 0.5) is 9.18 Å². The van der Waals surface area contributed by atoms with Crippen molar-refractivity contribution in [2.75, 3.05) is 13.1 Å². The molecule has 3 heterocycles. The number of rotatable bonds is 1. The first-order chi connectivity index (χ1) is 11.5. The van der Waals surface area contributed by atoms with E-state index in [1.54, 1.807) is 16.6 Å². The lowest BCUT2D eigenvalue weighted by Gasteiger charge is -2.30. The second-order valence-electron chi connectivity index (χ2n) is 6.00. The quantitative estimate of drug-likeness (QED) is 0.715. The van der Waals surface area contributed by atoms with Gasteiger partial charge in [-0.1, -0.05) is 6.07 Å². The van der Waals surface area contributed by atoms with Gasteiger partial charge in [0.2, 0.25) is 0 Å². The van der Waals surface area contributed by atoms with Gasteiger partial charge in [0.15, 0.2) is 5.82 Å². The summed E-state index contributed by atoms with van der Waals surface area (Å²) < 4.78 is 15.6. The molecule has 1 aliphatic heterocycles. The number of piperidine rings is 1. The number of hydrogen-bond donors (Lipinski definition) is 2. The first-order valence-corrected chi connectivity index (χ1v) is 7.72. The number of nitrogens with one attached hydrogen (secondary N) is 1. The smallest absolute Gasteiger partial charge is 0.407 e. The van der Waals surface area contributed by atoms with Crippen LogP contribution in [0.25, 0.3) is 16.6 Å². The normalized spacial score (nSPS) is 16.1. The number of benzene rings is 1. The maximum Gasteiger partial charge on any atom is 0.407 e. The zero-order chi connectivity index (χ0) is 16.8. The molecule has 1 aliphatic rings. The minimum Gasteiger partial charge on any atom is -0.465 e. The van der Waals surface area contributed by atoms with E-state index in [1.807, 2.05) is 0 Å². The van der Waals surface area contributed by atoms with Gasteiger partial charge in [-0.15, -0.1) is 0 Å². The van der Waals surface area contributed by atoms with Gasteiger partial charge < -0.3 is 15.0 Å². The second-order valence-corrected chi connectivity index (χ2v) is 6.00. The SMILES string of the molecule is O=C(O)N1CCC(c2cc(=O)[nH]c3c4cccc(F)c4nn23)CC1. The number of fused-ring (bicyclic) bond motifs is 3. The van der Waals surface area contributed by atoms with Gasteiger partial charge >= 0.3 is 6.09 Å². The largest absolute Gasteiger partial charge is 0.465 e. The van der Waals surface area contributed by atoms with E-state index >= 15 is 0 Å². The minimum atomic E-state index is -0.934. The van der Waals surface area contributed by atoms with Crippen LogP contribution in [-0.4, -0.2) is 43.8 Å². The molecule has 0 bridgehead atoms. The molecule has 8 heteroatoms. The van der Waals surface area contributed by atoms with Crippen molar-refractivity contribution in [3.63, 3.8) is 0 Å². The Bertz CT molecular complexity index is 1000. The van der Waals surface area contributed by atoms with Crippen molar-refractivity contribution in [2.45, 2.75) is 18.8 Å². The number of carbonyl (C=O) groups is 1. The number of likely N-dealkylation sites (tertiary alicyclic amines) is 1. The molecule has 1 fully saturated rings. The molecule has 0 radical (unpaired) electrons. The summed E-state index contributed by atoms with van der Waals surface area (Å²) >= 11 is 0. The number of aromatic nitrogens is 3. The molecule has 0 saturated carbocycles. The third-order valence-electron chi connectivity index (χ3n) is 4.60. The Labute approximate surface area is 135 Å². The molecule has 0 unspecified atom stereocenters. The topological polar surface area (TPSA) is 90.7 Å². The lowest BCUT2D eigenvalue weighted by Crippen LogP contribution is -2.37. The Morgan fingerprint density at radius 2 is 2.08 bits per heavy atom. The molecule has 0 aliphatic carbocycles. The molecule has 4 rings (SSSR count). The number of hydrogen-bond acceptors (Lipinski definition) is 3. The van der Waals surface area contributed by atoms with E-state index in [9.17, 15) is 14.0 Å². The van der Waals surface area contributed by atoms with Gasteiger partial charge in [0.1, 0.15) is 11.2 Å². The van der Waals surface area contributed by atoms with Gasteiger partial charge in [-0.3, -0.25) is 4.79 Å². The molecule has 1 amide bonds. The van der Waals surface area contributed by atoms with Gasteiger partial charge in [-0.05, 0) is 25.0 Å². The molecule has 124 valence electrons. The number of aromatic amines is 1. The van der Waals surface area contributed by atoms with E-state index in [0.717, 1.165) is 0 Å². The summed E-state index contributed by atoms with van der Waals surface area (Å²) in [5.74, 6) is -0.438. The van der Waals surface area contributed by atoms with Gasteiger partial charge in [-0.2, -0.15) is 5.10 Å². The molecule has 7 nitrogen and oxygen atoms in total. The monoisotopic (exact) mass is 330 g/mol. The van der Waals surface area contributed by atoms with E-state index < -0.39 is 11.9 Å². The number of carboxylic acid groups (broad SMARTS) is 1. The number of amides is 1. The van der Waals surface area contributed by atoms with Gasteiger partial charge in [0, 0.05) is 30.5 Å². The Kier molecular flexibility index (Phi) is 3.26.